The number of halogens is 1. The van der Waals surface area contributed by atoms with Gasteiger partial charge >= 0.3 is 0 Å². The van der Waals surface area contributed by atoms with Crippen molar-refractivity contribution in [2.24, 2.45) is 0 Å². The highest BCUT2D eigenvalue weighted by atomic mass is 79.9. The first kappa shape index (κ1) is 16.7. The molecule has 1 heterocycles. The molecule has 110 valence electrons. The average Bonchev–Trinajstić information content (AvgIpc) is 2.65. The standard InChI is InChI=1S/C14H26BrN3O/c1-7-16-12(9-19-14(4,5)6)13-11(15)8-17-18(13)10(2)3/h8,10,12,16H,7,9H2,1-6H3. The van der Waals surface area contributed by atoms with Crippen LogP contribution in [0.2, 0.25) is 0 Å². The van der Waals surface area contributed by atoms with Gasteiger partial charge in [-0.25, -0.2) is 0 Å². The third-order valence-electron chi connectivity index (χ3n) is 2.74. The summed E-state index contributed by atoms with van der Waals surface area (Å²) in [6.45, 7) is 14.1. The van der Waals surface area contributed by atoms with Crippen LogP contribution in [0.4, 0.5) is 0 Å². The molecule has 4 nitrogen and oxygen atoms in total. The van der Waals surface area contributed by atoms with E-state index in [1.807, 2.05) is 10.9 Å². The Morgan fingerprint density at radius 1 is 1.42 bits per heavy atom. The molecule has 1 unspecified atom stereocenters. The minimum Gasteiger partial charge on any atom is -0.374 e. The highest BCUT2D eigenvalue weighted by molar-refractivity contribution is 9.10. The molecule has 1 N–H and O–H groups in total. The SMILES string of the molecule is CCNC(COC(C)(C)C)c1c(Br)cnn1C(C)C. The van der Waals surface area contributed by atoms with Crippen LogP contribution in [-0.4, -0.2) is 28.5 Å². The van der Waals surface area contributed by atoms with E-state index in [0.29, 0.717) is 12.6 Å². The first-order valence-corrected chi connectivity index (χ1v) is 7.65. The second-order valence-electron chi connectivity index (χ2n) is 5.95. The van der Waals surface area contributed by atoms with E-state index in [4.69, 9.17) is 4.74 Å². The second-order valence-corrected chi connectivity index (χ2v) is 6.80. The highest BCUT2D eigenvalue weighted by Crippen LogP contribution is 2.27. The van der Waals surface area contributed by atoms with Crippen LogP contribution in [0.5, 0.6) is 0 Å². The molecule has 0 amide bonds. The summed E-state index contributed by atoms with van der Waals surface area (Å²) in [6.07, 6.45) is 1.86. The fourth-order valence-corrected chi connectivity index (χ4v) is 2.45. The molecule has 5 heteroatoms. The second kappa shape index (κ2) is 6.86. The molecule has 0 saturated carbocycles. The Morgan fingerprint density at radius 3 is 2.53 bits per heavy atom. The summed E-state index contributed by atoms with van der Waals surface area (Å²) in [4.78, 5) is 0. The first-order valence-electron chi connectivity index (χ1n) is 6.86. The number of hydrogen-bond donors (Lipinski definition) is 1. The van der Waals surface area contributed by atoms with Crippen LogP contribution >= 0.6 is 15.9 Å². The lowest BCUT2D eigenvalue weighted by atomic mass is 10.1. The Bertz CT molecular complexity index is 396. The first-order chi connectivity index (χ1) is 8.76. The smallest absolute Gasteiger partial charge is 0.0741 e. The number of nitrogens with one attached hydrogen (secondary N) is 1. The van der Waals surface area contributed by atoms with Gasteiger partial charge in [0.1, 0.15) is 0 Å². The monoisotopic (exact) mass is 331 g/mol. The number of nitrogens with zero attached hydrogens (tertiary/aromatic N) is 2. The van der Waals surface area contributed by atoms with Crippen molar-refractivity contribution in [1.29, 1.82) is 0 Å². The Kier molecular flexibility index (Phi) is 6.02. The van der Waals surface area contributed by atoms with Crippen molar-refractivity contribution >= 4 is 15.9 Å². The van der Waals surface area contributed by atoms with Crippen molar-refractivity contribution in [2.45, 2.75) is 59.2 Å². The topological polar surface area (TPSA) is 39.1 Å². The van der Waals surface area contributed by atoms with E-state index in [1.165, 1.54) is 0 Å². The van der Waals surface area contributed by atoms with Crippen LogP contribution in [0, 0.1) is 0 Å². The van der Waals surface area contributed by atoms with Crippen molar-refractivity contribution in [2.75, 3.05) is 13.2 Å². The Labute approximate surface area is 125 Å². The van der Waals surface area contributed by atoms with Gasteiger partial charge in [0.15, 0.2) is 0 Å². The van der Waals surface area contributed by atoms with E-state index < -0.39 is 0 Å². The number of aromatic nitrogens is 2. The van der Waals surface area contributed by atoms with Crippen LogP contribution < -0.4 is 5.32 Å². The summed E-state index contributed by atoms with van der Waals surface area (Å²) in [7, 11) is 0. The van der Waals surface area contributed by atoms with Crippen LogP contribution in [0.15, 0.2) is 10.7 Å². The number of rotatable bonds is 6. The lowest BCUT2D eigenvalue weighted by Gasteiger charge is -2.26. The van der Waals surface area contributed by atoms with E-state index in [9.17, 15) is 0 Å². The average molecular weight is 332 g/mol. The van der Waals surface area contributed by atoms with Gasteiger partial charge < -0.3 is 10.1 Å². The van der Waals surface area contributed by atoms with Gasteiger partial charge in [-0.05, 0) is 57.1 Å². The van der Waals surface area contributed by atoms with E-state index in [2.05, 4.69) is 67.9 Å². The molecule has 0 radical (unpaired) electrons. The zero-order chi connectivity index (χ0) is 14.6. The molecule has 1 atom stereocenters. The lowest BCUT2D eigenvalue weighted by Crippen LogP contribution is -2.32. The fourth-order valence-electron chi connectivity index (χ4n) is 1.90. The zero-order valence-electron chi connectivity index (χ0n) is 12.8. The van der Waals surface area contributed by atoms with Gasteiger partial charge in [-0.1, -0.05) is 6.92 Å². The van der Waals surface area contributed by atoms with Crippen LogP contribution in [-0.2, 0) is 4.74 Å². The molecular weight excluding hydrogens is 306 g/mol. The Morgan fingerprint density at radius 2 is 2.05 bits per heavy atom. The van der Waals surface area contributed by atoms with E-state index in [1.54, 1.807) is 0 Å². The summed E-state index contributed by atoms with van der Waals surface area (Å²) in [5.41, 5.74) is 1.02. The van der Waals surface area contributed by atoms with Crippen molar-refractivity contribution < 1.29 is 4.74 Å². The molecule has 1 aromatic heterocycles. The Hall–Kier alpha value is -0.390. The number of ether oxygens (including phenoxy) is 1. The minimum atomic E-state index is -0.136. The molecule has 0 fully saturated rings. The molecule has 1 aromatic rings. The van der Waals surface area contributed by atoms with Gasteiger partial charge in [-0.3, -0.25) is 4.68 Å². The van der Waals surface area contributed by atoms with Gasteiger partial charge in [0.25, 0.3) is 0 Å². The minimum absolute atomic E-state index is 0.136. The normalized spacial score (nSPS) is 14.1. The van der Waals surface area contributed by atoms with Gasteiger partial charge in [0.2, 0.25) is 0 Å². The summed E-state index contributed by atoms with van der Waals surface area (Å²) in [5.74, 6) is 0. The van der Waals surface area contributed by atoms with Gasteiger partial charge in [0.05, 0.1) is 34.6 Å². The lowest BCUT2D eigenvalue weighted by molar-refractivity contribution is -0.0158. The maximum Gasteiger partial charge on any atom is 0.0741 e. The molecule has 0 bridgehead atoms. The number of hydrogen-bond acceptors (Lipinski definition) is 3. The molecule has 0 aliphatic rings. The van der Waals surface area contributed by atoms with E-state index >= 15 is 0 Å². The van der Waals surface area contributed by atoms with Gasteiger partial charge in [0, 0.05) is 6.04 Å². The van der Waals surface area contributed by atoms with Gasteiger partial charge in [-0.2, -0.15) is 5.10 Å². The maximum absolute atomic E-state index is 5.93. The summed E-state index contributed by atoms with van der Waals surface area (Å²) in [6, 6.07) is 0.473. The fraction of sp³-hybridized carbons (Fsp3) is 0.786. The molecule has 0 spiro atoms. The molecule has 1 rings (SSSR count). The highest BCUT2D eigenvalue weighted by Gasteiger charge is 2.23. The molecule has 0 aliphatic heterocycles. The maximum atomic E-state index is 5.93. The van der Waals surface area contributed by atoms with Crippen molar-refractivity contribution in [3.8, 4) is 0 Å². The summed E-state index contributed by atoms with van der Waals surface area (Å²) >= 11 is 3.60. The predicted octanol–water partition coefficient (Wildman–Crippen LogP) is 3.69. The molecule has 0 aromatic carbocycles. The van der Waals surface area contributed by atoms with Crippen LogP contribution in [0.25, 0.3) is 0 Å². The van der Waals surface area contributed by atoms with E-state index in [-0.39, 0.29) is 11.6 Å². The quantitative estimate of drug-likeness (QED) is 0.863. The zero-order valence-corrected chi connectivity index (χ0v) is 14.4. The predicted molar refractivity (Wildman–Crippen MR) is 82.4 cm³/mol. The molecule has 0 saturated heterocycles. The Balaban J connectivity index is 2.95. The van der Waals surface area contributed by atoms with Gasteiger partial charge in [-0.15, -0.1) is 0 Å². The van der Waals surface area contributed by atoms with Crippen molar-refractivity contribution in [3.05, 3.63) is 16.4 Å². The third-order valence-corrected chi connectivity index (χ3v) is 3.35. The van der Waals surface area contributed by atoms with Crippen molar-refractivity contribution in [3.63, 3.8) is 0 Å². The molecular formula is C14H26BrN3O. The summed E-state index contributed by atoms with van der Waals surface area (Å²) < 4.78 is 9.01. The van der Waals surface area contributed by atoms with Crippen molar-refractivity contribution in [1.82, 2.24) is 15.1 Å². The largest absolute Gasteiger partial charge is 0.374 e. The van der Waals surface area contributed by atoms with Crippen LogP contribution in [0.1, 0.15) is 59.3 Å². The van der Waals surface area contributed by atoms with E-state index in [0.717, 1.165) is 16.7 Å². The number of likely N-dealkylation sites (N-methyl/N-ethyl adjacent to an activating group) is 1. The third kappa shape index (κ3) is 4.89. The molecule has 0 aliphatic carbocycles. The van der Waals surface area contributed by atoms with Crippen LogP contribution in [0.3, 0.4) is 0 Å². The summed E-state index contributed by atoms with van der Waals surface area (Å²) in [5, 5.41) is 7.91. The molecule has 19 heavy (non-hydrogen) atoms.